The number of aliphatic imine (C=N–C) groups is 1. The Bertz CT molecular complexity index is 667. The van der Waals surface area contributed by atoms with Crippen LogP contribution in [0.3, 0.4) is 0 Å². The fourth-order valence-corrected chi connectivity index (χ4v) is 4.75. The molecule has 1 unspecified atom stereocenters. The first-order valence-corrected chi connectivity index (χ1v) is 10.0. The zero-order valence-electron chi connectivity index (χ0n) is 14.0. The van der Waals surface area contributed by atoms with Crippen LogP contribution in [-0.2, 0) is 16.4 Å². The second kappa shape index (κ2) is 9.82. The molecule has 1 saturated heterocycles. The van der Waals surface area contributed by atoms with E-state index in [9.17, 15) is 8.42 Å². The molecule has 1 aliphatic heterocycles. The average molecular weight is 486 g/mol. The average Bonchev–Trinajstić information content (AvgIpc) is 2.82. The molecule has 0 aromatic heterocycles. The van der Waals surface area contributed by atoms with Crippen molar-refractivity contribution in [3.05, 3.63) is 34.9 Å². The molecule has 1 N–H and O–H groups in total. The van der Waals surface area contributed by atoms with E-state index < -0.39 is 9.84 Å². The lowest BCUT2D eigenvalue weighted by atomic mass is 10.1. The molecule has 1 aromatic carbocycles. The third kappa shape index (κ3) is 6.76. The summed E-state index contributed by atoms with van der Waals surface area (Å²) in [6.07, 6.45) is 0.712. The summed E-state index contributed by atoms with van der Waals surface area (Å²) in [6, 6.07) is 7.74. The molecule has 2 rings (SSSR count). The number of nitrogens with one attached hydrogen (secondary N) is 1. The Morgan fingerprint density at radius 2 is 2.21 bits per heavy atom. The van der Waals surface area contributed by atoms with Crippen LogP contribution >= 0.6 is 35.6 Å². The normalized spacial score (nSPS) is 19.6. The molecule has 1 aromatic rings. The number of sulfone groups is 1. The van der Waals surface area contributed by atoms with Crippen LogP contribution in [-0.4, -0.2) is 50.9 Å². The number of guanidine groups is 1. The predicted octanol–water partition coefficient (Wildman–Crippen LogP) is 2.79. The zero-order chi connectivity index (χ0) is 16.9. The third-order valence-corrected chi connectivity index (χ3v) is 5.90. The second-order valence-corrected chi connectivity index (χ2v) is 8.61. The summed E-state index contributed by atoms with van der Waals surface area (Å²) in [5, 5.41) is 3.97. The van der Waals surface area contributed by atoms with Gasteiger partial charge in [-0.15, -0.1) is 24.0 Å². The molecule has 136 valence electrons. The van der Waals surface area contributed by atoms with E-state index in [4.69, 9.17) is 11.6 Å². The summed E-state index contributed by atoms with van der Waals surface area (Å²) < 4.78 is 23.1. The highest BCUT2D eigenvalue weighted by molar-refractivity contribution is 14.0. The van der Waals surface area contributed by atoms with E-state index in [0.717, 1.165) is 18.1 Å². The highest BCUT2D eigenvalue weighted by atomic mass is 127. The van der Waals surface area contributed by atoms with Crippen molar-refractivity contribution in [1.29, 1.82) is 0 Å². The highest BCUT2D eigenvalue weighted by Gasteiger charge is 2.27. The quantitative estimate of drug-likeness (QED) is 0.396. The number of rotatable bonds is 5. The summed E-state index contributed by atoms with van der Waals surface area (Å²) in [7, 11) is -0.881. The molecule has 24 heavy (non-hydrogen) atoms. The fourth-order valence-electron chi connectivity index (χ4n) is 2.69. The minimum Gasteiger partial charge on any atom is -0.357 e. The lowest BCUT2D eigenvalue weighted by Gasteiger charge is -2.22. The fraction of sp³-hybridized carbons (Fsp3) is 0.562. The lowest BCUT2D eigenvalue weighted by Crippen LogP contribution is -2.38. The van der Waals surface area contributed by atoms with Crippen LogP contribution in [0.15, 0.2) is 29.3 Å². The van der Waals surface area contributed by atoms with Gasteiger partial charge in [0.1, 0.15) is 0 Å². The maximum Gasteiger partial charge on any atom is 0.193 e. The molecule has 0 saturated carbocycles. The summed E-state index contributed by atoms with van der Waals surface area (Å²) in [6.45, 7) is 4.02. The minimum absolute atomic E-state index is 0. The molecule has 0 bridgehead atoms. The van der Waals surface area contributed by atoms with E-state index in [-0.39, 0.29) is 35.6 Å². The van der Waals surface area contributed by atoms with Crippen molar-refractivity contribution in [3.8, 4) is 0 Å². The van der Waals surface area contributed by atoms with Crippen LogP contribution in [0.25, 0.3) is 0 Å². The molecule has 0 radical (unpaired) electrons. The van der Waals surface area contributed by atoms with E-state index in [1.165, 1.54) is 0 Å². The summed E-state index contributed by atoms with van der Waals surface area (Å²) in [5.74, 6) is 1.47. The monoisotopic (exact) mass is 485 g/mol. The summed E-state index contributed by atoms with van der Waals surface area (Å²) in [4.78, 5) is 6.64. The van der Waals surface area contributed by atoms with Crippen LogP contribution < -0.4 is 5.32 Å². The van der Waals surface area contributed by atoms with Crippen molar-refractivity contribution in [2.45, 2.75) is 19.9 Å². The smallest absolute Gasteiger partial charge is 0.193 e. The van der Waals surface area contributed by atoms with Crippen molar-refractivity contribution in [2.75, 3.05) is 31.6 Å². The number of hydrogen-bond acceptors (Lipinski definition) is 3. The first-order chi connectivity index (χ1) is 10.9. The Hall–Kier alpha value is -0.540. The van der Waals surface area contributed by atoms with Gasteiger partial charge in [0, 0.05) is 31.7 Å². The van der Waals surface area contributed by atoms with E-state index in [1.54, 1.807) is 0 Å². The molecule has 1 atom stereocenters. The molecular weight excluding hydrogens is 461 g/mol. The maximum absolute atomic E-state index is 11.5. The van der Waals surface area contributed by atoms with Gasteiger partial charge >= 0.3 is 0 Å². The van der Waals surface area contributed by atoms with Crippen molar-refractivity contribution in [2.24, 2.45) is 10.9 Å². The van der Waals surface area contributed by atoms with Crippen LogP contribution in [0.2, 0.25) is 5.02 Å². The zero-order valence-corrected chi connectivity index (χ0v) is 17.9. The van der Waals surface area contributed by atoms with Gasteiger partial charge in [-0.3, -0.25) is 4.99 Å². The van der Waals surface area contributed by atoms with E-state index in [0.29, 0.717) is 30.3 Å². The number of nitrogens with zero attached hydrogens (tertiary/aromatic N) is 2. The first-order valence-electron chi connectivity index (χ1n) is 7.84. The molecular formula is C16H25ClIN3O2S. The van der Waals surface area contributed by atoms with Gasteiger partial charge in [0.2, 0.25) is 0 Å². The number of halogens is 2. The summed E-state index contributed by atoms with van der Waals surface area (Å²) in [5.41, 5.74) is 1.11. The Kier molecular flexibility index (Phi) is 8.80. The van der Waals surface area contributed by atoms with Crippen LogP contribution in [0, 0.1) is 5.92 Å². The Morgan fingerprint density at radius 1 is 1.46 bits per heavy atom. The topological polar surface area (TPSA) is 61.8 Å². The van der Waals surface area contributed by atoms with Crippen molar-refractivity contribution >= 4 is 51.4 Å². The molecule has 8 heteroatoms. The Morgan fingerprint density at radius 3 is 2.79 bits per heavy atom. The van der Waals surface area contributed by atoms with Gasteiger partial charge in [0.15, 0.2) is 15.8 Å². The van der Waals surface area contributed by atoms with E-state index in [2.05, 4.69) is 10.3 Å². The number of hydrogen-bond donors (Lipinski definition) is 1. The summed E-state index contributed by atoms with van der Waals surface area (Å²) >= 11 is 6.02. The molecule has 0 aliphatic carbocycles. The second-order valence-electron chi connectivity index (χ2n) is 5.95. The maximum atomic E-state index is 11.5. The minimum atomic E-state index is -2.85. The van der Waals surface area contributed by atoms with Gasteiger partial charge in [-0.2, -0.15) is 0 Å². The van der Waals surface area contributed by atoms with Gasteiger partial charge in [0.05, 0.1) is 11.5 Å². The van der Waals surface area contributed by atoms with Crippen molar-refractivity contribution in [1.82, 2.24) is 10.2 Å². The Labute approximate surface area is 166 Å². The highest BCUT2D eigenvalue weighted by Crippen LogP contribution is 2.18. The van der Waals surface area contributed by atoms with Gasteiger partial charge in [-0.05, 0) is 37.0 Å². The van der Waals surface area contributed by atoms with Crippen molar-refractivity contribution in [3.63, 3.8) is 0 Å². The molecule has 1 fully saturated rings. The third-order valence-electron chi connectivity index (χ3n) is 3.83. The molecule has 0 amide bonds. The SMILES string of the molecule is CCNC(=NCC1CCS(=O)(=O)C1)N(C)Cc1cccc(Cl)c1.I. The van der Waals surface area contributed by atoms with Gasteiger partial charge in [-0.25, -0.2) is 8.42 Å². The largest absolute Gasteiger partial charge is 0.357 e. The van der Waals surface area contributed by atoms with Crippen LogP contribution in [0.4, 0.5) is 0 Å². The van der Waals surface area contributed by atoms with Gasteiger partial charge < -0.3 is 10.2 Å². The van der Waals surface area contributed by atoms with Crippen molar-refractivity contribution < 1.29 is 8.42 Å². The van der Waals surface area contributed by atoms with Gasteiger partial charge in [-0.1, -0.05) is 23.7 Å². The molecule has 1 aliphatic rings. The molecule has 1 heterocycles. The van der Waals surface area contributed by atoms with Gasteiger partial charge in [0.25, 0.3) is 0 Å². The first kappa shape index (κ1) is 21.5. The lowest BCUT2D eigenvalue weighted by molar-refractivity contribution is 0.472. The Balaban J connectivity index is 0.00000288. The molecule has 0 spiro atoms. The van der Waals surface area contributed by atoms with Crippen LogP contribution in [0.5, 0.6) is 0 Å². The van der Waals surface area contributed by atoms with E-state index >= 15 is 0 Å². The molecule has 5 nitrogen and oxygen atoms in total. The van der Waals surface area contributed by atoms with Crippen LogP contribution in [0.1, 0.15) is 18.9 Å². The predicted molar refractivity (Wildman–Crippen MR) is 111 cm³/mol. The standard InChI is InChI=1S/C16H24ClN3O2S.HI/c1-3-18-16(19-10-14-7-8-23(21,22)12-14)20(2)11-13-5-4-6-15(17)9-13;/h4-6,9,14H,3,7-8,10-12H2,1-2H3,(H,18,19);1H. The number of benzene rings is 1. The van der Waals surface area contributed by atoms with E-state index in [1.807, 2.05) is 43.1 Å².